The van der Waals surface area contributed by atoms with Crippen LogP contribution >= 0.6 is 11.8 Å². The molecule has 0 radical (unpaired) electrons. The normalized spacial score (nSPS) is 13.3. The second-order valence-corrected chi connectivity index (χ2v) is 12.8. The molecule has 4 rings (SSSR count). The summed E-state index contributed by atoms with van der Waals surface area (Å²) in [6.45, 7) is 10.4. The van der Waals surface area contributed by atoms with Crippen LogP contribution in [0.15, 0.2) is 82.8 Å². The van der Waals surface area contributed by atoms with E-state index in [1.807, 2.05) is 11.5 Å². The molecule has 0 saturated heterocycles. The van der Waals surface area contributed by atoms with Gasteiger partial charge < -0.3 is 15.5 Å². The molecule has 1 heterocycles. The molecular weight excluding hydrogens is 593 g/mol. The topological polar surface area (TPSA) is 75.8 Å². The highest BCUT2D eigenvalue weighted by atomic mass is 32.2. The number of ether oxygens (including phenoxy) is 1. The summed E-state index contributed by atoms with van der Waals surface area (Å²) in [7, 11) is 1.50. The summed E-state index contributed by atoms with van der Waals surface area (Å²) < 4.78 is 50.2. The van der Waals surface area contributed by atoms with Crippen LogP contribution in [0.25, 0.3) is 10.9 Å². The lowest BCUT2D eigenvalue weighted by atomic mass is 9.85. The number of thioether (sulfide) groups is 1. The lowest BCUT2D eigenvalue weighted by Crippen LogP contribution is -2.25. The maximum Gasteiger partial charge on any atom is 0.203 e. The molecule has 0 aliphatic rings. The Hall–Kier alpha value is -3.98. The van der Waals surface area contributed by atoms with E-state index in [0.717, 1.165) is 43.4 Å². The Labute approximate surface area is 267 Å². The number of benzene rings is 3. The van der Waals surface area contributed by atoms with E-state index in [2.05, 4.69) is 60.5 Å². The quantitative estimate of drug-likeness (QED) is 0.107. The highest BCUT2D eigenvalue weighted by molar-refractivity contribution is 8.02. The maximum absolute atomic E-state index is 15.2. The van der Waals surface area contributed by atoms with E-state index in [9.17, 15) is 8.78 Å². The van der Waals surface area contributed by atoms with Crippen molar-refractivity contribution in [3.63, 3.8) is 0 Å². The zero-order valence-electron chi connectivity index (χ0n) is 26.3. The first-order valence-corrected chi connectivity index (χ1v) is 16.2. The van der Waals surface area contributed by atoms with Crippen LogP contribution in [0.4, 0.5) is 13.2 Å². The van der Waals surface area contributed by atoms with Crippen molar-refractivity contribution in [2.75, 3.05) is 12.8 Å². The van der Waals surface area contributed by atoms with Gasteiger partial charge in [-0.05, 0) is 71.5 Å². The summed E-state index contributed by atoms with van der Waals surface area (Å²) in [5.41, 5.74) is 9.17. The molecule has 45 heavy (non-hydrogen) atoms. The predicted octanol–water partition coefficient (Wildman–Crippen LogP) is 9.92. The van der Waals surface area contributed by atoms with Crippen molar-refractivity contribution in [2.24, 2.45) is 21.1 Å². The third-order valence-electron chi connectivity index (χ3n) is 7.74. The van der Waals surface area contributed by atoms with Crippen LogP contribution in [-0.2, 0) is 6.42 Å². The smallest absolute Gasteiger partial charge is 0.203 e. The molecular formula is C36H41F3N4OS. The zero-order valence-corrected chi connectivity index (χ0v) is 27.1. The zero-order chi connectivity index (χ0) is 32.6. The average molecular weight is 635 g/mol. The number of aliphatic imine (C=N–C) groups is 2. The van der Waals surface area contributed by atoms with E-state index in [1.165, 1.54) is 43.1 Å². The highest BCUT2D eigenvalue weighted by Gasteiger charge is 2.23. The molecule has 1 aromatic heterocycles. The van der Waals surface area contributed by atoms with E-state index in [1.54, 1.807) is 17.8 Å². The summed E-state index contributed by atoms with van der Waals surface area (Å²) in [5.74, 6) is -1.89. The summed E-state index contributed by atoms with van der Waals surface area (Å²) in [4.78, 5) is 11.6. The number of nitrogens with zero attached hydrogens (tertiary/aromatic N) is 2. The first kappa shape index (κ1) is 33.9. The van der Waals surface area contributed by atoms with Gasteiger partial charge in [0, 0.05) is 30.3 Å². The van der Waals surface area contributed by atoms with E-state index in [0.29, 0.717) is 11.2 Å². The second kappa shape index (κ2) is 15.3. The third-order valence-corrected chi connectivity index (χ3v) is 8.92. The van der Waals surface area contributed by atoms with Gasteiger partial charge in [0.25, 0.3) is 0 Å². The molecule has 4 aromatic rings. The summed E-state index contributed by atoms with van der Waals surface area (Å²) in [5, 5.41) is 2.31. The number of hydrogen-bond donors (Lipinski definition) is 2. The molecule has 0 fully saturated rings. The molecule has 0 aliphatic heterocycles. The van der Waals surface area contributed by atoms with Gasteiger partial charge >= 0.3 is 0 Å². The second-order valence-electron chi connectivity index (χ2n) is 11.9. The molecule has 1 unspecified atom stereocenters. The van der Waals surface area contributed by atoms with Crippen LogP contribution in [0.2, 0.25) is 0 Å². The van der Waals surface area contributed by atoms with E-state index < -0.39 is 17.5 Å². The van der Waals surface area contributed by atoms with Crippen molar-refractivity contribution in [1.82, 2.24) is 4.98 Å². The molecule has 5 nitrogen and oxygen atoms in total. The number of nitrogens with two attached hydrogens (primary N) is 1. The maximum atomic E-state index is 15.2. The van der Waals surface area contributed by atoms with Gasteiger partial charge in [-0.3, -0.25) is 4.99 Å². The first-order chi connectivity index (χ1) is 21.6. The number of hydrogen-bond acceptors (Lipinski definition) is 3. The molecule has 0 aliphatic carbocycles. The number of H-pyrrole nitrogens is 1. The Morgan fingerprint density at radius 2 is 1.91 bits per heavy atom. The largest absolute Gasteiger partial charge is 0.454 e. The highest BCUT2D eigenvalue weighted by Crippen LogP contribution is 2.34. The van der Waals surface area contributed by atoms with Gasteiger partial charge in [-0.15, -0.1) is 11.8 Å². The fraction of sp³-hybridized carbons (Fsp3) is 0.333. The van der Waals surface area contributed by atoms with Crippen LogP contribution in [0.1, 0.15) is 69.1 Å². The van der Waals surface area contributed by atoms with Gasteiger partial charge in [0.1, 0.15) is 17.4 Å². The molecule has 3 aromatic carbocycles. The number of rotatable bonds is 14. The van der Waals surface area contributed by atoms with Crippen molar-refractivity contribution >= 4 is 34.3 Å². The van der Waals surface area contributed by atoms with Crippen molar-refractivity contribution in [1.29, 1.82) is 0 Å². The van der Waals surface area contributed by atoms with Crippen LogP contribution in [0, 0.1) is 22.9 Å². The standard InChI is InChI=1S/C36H41F3N4OS/c1-6-10-23-11-8-12-24(19-23)27(13-9-17-36(3,4)22-45-7-2)34(40)43-35(41-5)28-21-26(14-15-29(28)37)44-30-20-25-16-18-42-33(25)32(39)31(30)38/h7-8,11-12,14-16,18-21,27,42H,2,6,9-10,13,17,22H2,1,3-5H3,(H2,40,41,43). The SMILES string of the molecule is C=CSCC(C)(C)CCCC(C(N)=NC(=NC)c1cc(Oc2cc3cc[nH]c3c(F)c2F)ccc1F)c1cccc(CCC)c1. The van der Waals surface area contributed by atoms with Crippen molar-refractivity contribution in [3.8, 4) is 11.5 Å². The minimum atomic E-state index is -1.15. The number of halogens is 3. The van der Waals surface area contributed by atoms with Gasteiger partial charge in [0.2, 0.25) is 5.82 Å². The van der Waals surface area contributed by atoms with Gasteiger partial charge in [0.15, 0.2) is 17.4 Å². The fourth-order valence-electron chi connectivity index (χ4n) is 5.37. The molecule has 3 N–H and O–H groups in total. The summed E-state index contributed by atoms with van der Waals surface area (Å²) >= 11 is 1.71. The fourth-order valence-corrected chi connectivity index (χ4v) is 6.08. The van der Waals surface area contributed by atoms with Crippen molar-refractivity contribution in [3.05, 3.63) is 107 Å². The average Bonchev–Trinajstić information content (AvgIpc) is 3.49. The minimum Gasteiger partial charge on any atom is -0.454 e. The third kappa shape index (κ3) is 8.60. The molecule has 9 heteroatoms. The Morgan fingerprint density at radius 3 is 2.64 bits per heavy atom. The summed E-state index contributed by atoms with van der Waals surface area (Å²) in [6, 6.07) is 15.2. The molecule has 0 saturated carbocycles. The first-order valence-electron chi connectivity index (χ1n) is 15.1. The van der Waals surface area contributed by atoms with Gasteiger partial charge in [0.05, 0.1) is 11.1 Å². The van der Waals surface area contributed by atoms with E-state index in [4.69, 9.17) is 10.5 Å². The van der Waals surface area contributed by atoms with Crippen LogP contribution < -0.4 is 10.5 Å². The Balaban J connectivity index is 1.64. The van der Waals surface area contributed by atoms with Gasteiger partial charge in [-0.2, -0.15) is 4.39 Å². The van der Waals surface area contributed by atoms with Crippen molar-refractivity contribution < 1.29 is 17.9 Å². The molecule has 1 atom stereocenters. The van der Waals surface area contributed by atoms with Crippen LogP contribution in [-0.4, -0.2) is 29.5 Å². The lowest BCUT2D eigenvalue weighted by molar-refractivity contribution is 0.367. The molecule has 238 valence electrons. The minimum absolute atomic E-state index is 0.0302. The van der Waals surface area contributed by atoms with Gasteiger partial charge in [-0.1, -0.05) is 64.5 Å². The molecule has 0 spiro atoms. The monoisotopic (exact) mass is 634 g/mol. The number of aryl methyl sites for hydroxylation is 1. The van der Waals surface area contributed by atoms with Crippen LogP contribution in [0.3, 0.4) is 0 Å². The Kier molecular flexibility index (Phi) is 11.6. The number of amidine groups is 2. The Morgan fingerprint density at radius 1 is 1.11 bits per heavy atom. The number of nitrogens with one attached hydrogen (secondary N) is 1. The number of aromatic amines is 1. The molecule has 0 bridgehead atoms. The number of fused-ring (bicyclic) bond motifs is 1. The predicted molar refractivity (Wildman–Crippen MR) is 182 cm³/mol. The Bertz CT molecular complexity index is 1700. The number of aromatic nitrogens is 1. The van der Waals surface area contributed by atoms with E-state index in [-0.39, 0.29) is 39.7 Å². The van der Waals surface area contributed by atoms with Crippen LogP contribution in [0.5, 0.6) is 11.5 Å². The van der Waals surface area contributed by atoms with Crippen molar-refractivity contribution in [2.45, 2.75) is 58.8 Å². The summed E-state index contributed by atoms with van der Waals surface area (Å²) in [6.07, 6.45) is 6.13. The van der Waals surface area contributed by atoms with Gasteiger partial charge in [-0.25, -0.2) is 13.8 Å². The molecule has 0 amide bonds. The lowest BCUT2D eigenvalue weighted by Gasteiger charge is -2.25. The van der Waals surface area contributed by atoms with E-state index >= 15 is 4.39 Å².